The SMILES string of the molecule is O=C1CCC(N2C(=O)c3cc(F)cc4c(Cc5ccc(CN6CC(N7CCOCC7)C6)cc5F)ccc2c34)C(=O)N1. The van der Waals surface area contributed by atoms with Crippen LogP contribution in [0.5, 0.6) is 0 Å². The zero-order valence-electron chi connectivity index (χ0n) is 22.5. The molecule has 3 aromatic rings. The van der Waals surface area contributed by atoms with Crippen LogP contribution in [-0.4, -0.2) is 79.0 Å². The highest BCUT2D eigenvalue weighted by atomic mass is 19.1. The van der Waals surface area contributed by atoms with Crippen LogP contribution in [0.15, 0.2) is 42.5 Å². The van der Waals surface area contributed by atoms with Crippen LogP contribution >= 0.6 is 0 Å². The number of amides is 3. The number of morpholine rings is 1. The number of rotatable bonds is 6. The largest absolute Gasteiger partial charge is 0.379 e. The van der Waals surface area contributed by atoms with Crippen LogP contribution in [0.2, 0.25) is 0 Å². The van der Waals surface area contributed by atoms with E-state index in [0.29, 0.717) is 40.2 Å². The fraction of sp³-hybridized carbons (Fsp3) is 0.387. The number of likely N-dealkylation sites (tertiary alicyclic amines) is 1. The van der Waals surface area contributed by atoms with Gasteiger partial charge in [-0.1, -0.05) is 18.2 Å². The second-order valence-corrected chi connectivity index (χ2v) is 11.4. The number of piperidine rings is 1. The van der Waals surface area contributed by atoms with Gasteiger partial charge in [0.15, 0.2) is 0 Å². The maximum absolute atomic E-state index is 15.3. The summed E-state index contributed by atoms with van der Waals surface area (Å²) in [5, 5.41) is 3.35. The van der Waals surface area contributed by atoms with E-state index in [1.807, 2.05) is 6.07 Å². The molecule has 8 nitrogen and oxygen atoms in total. The molecule has 1 N–H and O–H groups in total. The second kappa shape index (κ2) is 10.3. The Morgan fingerprint density at radius 2 is 1.73 bits per heavy atom. The Morgan fingerprint density at radius 1 is 0.951 bits per heavy atom. The van der Waals surface area contributed by atoms with E-state index in [4.69, 9.17) is 4.74 Å². The molecule has 4 aliphatic rings. The lowest BCUT2D eigenvalue weighted by atomic mass is 9.95. The molecule has 212 valence electrons. The molecule has 3 amide bonds. The van der Waals surface area contributed by atoms with Crippen molar-refractivity contribution >= 4 is 34.2 Å². The Bertz CT molecular complexity index is 1580. The third-order valence-corrected chi connectivity index (χ3v) is 8.78. The molecule has 0 aliphatic carbocycles. The summed E-state index contributed by atoms with van der Waals surface area (Å²) < 4.78 is 35.5. The van der Waals surface area contributed by atoms with Crippen molar-refractivity contribution in [3.8, 4) is 0 Å². The van der Waals surface area contributed by atoms with Crippen LogP contribution in [0.1, 0.15) is 39.9 Å². The molecule has 0 radical (unpaired) electrons. The molecule has 0 saturated carbocycles. The van der Waals surface area contributed by atoms with Gasteiger partial charge in [-0.3, -0.25) is 34.4 Å². The van der Waals surface area contributed by atoms with Gasteiger partial charge in [-0.25, -0.2) is 8.78 Å². The maximum atomic E-state index is 15.3. The van der Waals surface area contributed by atoms with Crippen molar-refractivity contribution in [3.05, 3.63) is 76.4 Å². The highest BCUT2D eigenvalue weighted by molar-refractivity contribution is 6.27. The van der Waals surface area contributed by atoms with Crippen molar-refractivity contribution in [2.24, 2.45) is 0 Å². The summed E-state index contributed by atoms with van der Waals surface area (Å²) in [7, 11) is 0. The summed E-state index contributed by atoms with van der Waals surface area (Å²) in [6, 6.07) is 11.0. The smallest absolute Gasteiger partial charge is 0.259 e. The molecular weight excluding hydrogens is 530 g/mol. The molecule has 10 heteroatoms. The molecule has 3 saturated heterocycles. The Balaban J connectivity index is 1.11. The highest BCUT2D eigenvalue weighted by Gasteiger charge is 2.41. The third kappa shape index (κ3) is 4.69. The van der Waals surface area contributed by atoms with Gasteiger partial charge in [-0.15, -0.1) is 0 Å². The number of nitrogens with zero attached hydrogens (tertiary/aromatic N) is 3. The number of halogens is 2. The van der Waals surface area contributed by atoms with E-state index < -0.39 is 23.7 Å². The van der Waals surface area contributed by atoms with Gasteiger partial charge in [0.1, 0.15) is 17.7 Å². The number of hydrogen-bond acceptors (Lipinski definition) is 6. The van der Waals surface area contributed by atoms with Crippen LogP contribution in [0.4, 0.5) is 14.5 Å². The molecule has 41 heavy (non-hydrogen) atoms. The van der Waals surface area contributed by atoms with E-state index in [0.717, 1.165) is 45.0 Å². The first-order valence-corrected chi connectivity index (χ1v) is 14.1. The topological polar surface area (TPSA) is 82.2 Å². The fourth-order valence-corrected chi connectivity index (χ4v) is 6.63. The Morgan fingerprint density at radius 3 is 2.49 bits per heavy atom. The Kier molecular flexibility index (Phi) is 6.56. The normalized spacial score (nSPS) is 22.0. The third-order valence-electron chi connectivity index (χ3n) is 8.78. The van der Waals surface area contributed by atoms with Crippen LogP contribution in [-0.2, 0) is 27.3 Å². The monoisotopic (exact) mass is 560 g/mol. The summed E-state index contributed by atoms with van der Waals surface area (Å²) in [4.78, 5) is 43.7. The number of carbonyl (C=O) groups is 3. The number of nitrogens with one attached hydrogen (secondary N) is 1. The number of imide groups is 1. The molecule has 0 spiro atoms. The van der Waals surface area contributed by atoms with E-state index in [1.165, 1.54) is 17.0 Å². The molecule has 0 bridgehead atoms. The fourth-order valence-electron chi connectivity index (χ4n) is 6.63. The Labute approximate surface area is 235 Å². The highest BCUT2D eigenvalue weighted by Crippen LogP contribution is 2.42. The number of carbonyl (C=O) groups excluding carboxylic acids is 3. The minimum Gasteiger partial charge on any atom is -0.379 e. The average Bonchev–Trinajstić information content (AvgIpc) is 3.21. The minimum atomic E-state index is -0.856. The number of anilines is 1. The summed E-state index contributed by atoms with van der Waals surface area (Å²) in [6.07, 6.45) is 0.536. The van der Waals surface area contributed by atoms with Crippen molar-refractivity contribution in [1.82, 2.24) is 15.1 Å². The molecule has 4 aliphatic heterocycles. The van der Waals surface area contributed by atoms with Gasteiger partial charge < -0.3 is 4.74 Å². The summed E-state index contributed by atoms with van der Waals surface area (Å²) in [5.41, 5.74) is 2.74. The lowest BCUT2D eigenvalue weighted by molar-refractivity contribution is -0.134. The van der Waals surface area contributed by atoms with Gasteiger partial charge in [0, 0.05) is 57.0 Å². The standard InChI is InChI=1S/C31H30F2N4O4/c32-21-13-23-19(3-4-26-29(23)24(14-21)31(40)37(26)27-5-6-28(38)34-30(27)39)12-20-2-1-18(11-25(20)33)15-35-16-22(17-35)36-7-9-41-10-8-36/h1-4,11,13-14,22,27H,5-10,12,15-17H2,(H,34,38,39). The molecular formula is C31H30F2N4O4. The van der Waals surface area contributed by atoms with Gasteiger partial charge >= 0.3 is 0 Å². The molecule has 3 fully saturated rings. The number of hydrogen-bond donors (Lipinski definition) is 1. The second-order valence-electron chi connectivity index (χ2n) is 11.4. The zero-order chi connectivity index (χ0) is 28.2. The summed E-state index contributed by atoms with van der Waals surface area (Å²) in [5.74, 6) is -2.30. The van der Waals surface area contributed by atoms with Gasteiger partial charge in [-0.2, -0.15) is 0 Å². The van der Waals surface area contributed by atoms with Gasteiger partial charge in [0.05, 0.1) is 24.5 Å². The quantitative estimate of drug-likeness (QED) is 0.467. The van der Waals surface area contributed by atoms with Crippen molar-refractivity contribution in [2.45, 2.75) is 37.9 Å². The lowest BCUT2D eigenvalue weighted by Crippen LogP contribution is -2.60. The first-order chi connectivity index (χ1) is 19.9. The summed E-state index contributed by atoms with van der Waals surface area (Å²) in [6.45, 7) is 6.10. The van der Waals surface area contributed by atoms with Crippen LogP contribution in [0, 0.1) is 11.6 Å². The molecule has 1 atom stereocenters. The van der Waals surface area contributed by atoms with E-state index >= 15 is 4.39 Å². The first-order valence-electron chi connectivity index (χ1n) is 14.1. The predicted octanol–water partition coefficient (Wildman–Crippen LogP) is 2.99. The number of benzene rings is 3. The van der Waals surface area contributed by atoms with Gasteiger partial charge in [-0.05, 0) is 52.8 Å². The van der Waals surface area contributed by atoms with Crippen molar-refractivity contribution < 1.29 is 27.9 Å². The van der Waals surface area contributed by atoms with Crippen molar-refractivity contribution in [1.29, 1.82) is 0 Å². The zero-order valence-corrected chi connectivity index (χ0v) is 22.5. The lowest BCUT2D eigenvalue weighted by Gasteiger charge is -2.46. The van der Waals surface area contributed by atoms with E-state index in [2.05, 4.69) is 15.1 Å². The molecule has 7 rings (SSSR count). The van der Waals surface area contributed by atoms with Gasteiger partial charge in [0.25, 0.3) is 5.91 Å². The average molecular weight is 561 g/mol. The van der Waals surface area contributed by atoms with Crippen LogP contribution < -0.4 is 10.2 Å². The van der Waals surface area contributed by atoms with Gasteiger partial charge in [0.2, 0.25) is 11.8 Å². The minimum absolute atomic E-state index is 0.119. The molecule has 3 aromatic carbocycles. The predicted molar refractivity (Wildman–Crippen MR) is 148 cm³/mol. The molecule has 1 unspecified atom stereocenters. The van der Waals surface area contributed by atoms with Crippen LogP contribution in [0.25, 0.3) is 10.8 Å². The van der Waals surface area contributed by atoms with Crippen LogP contribution in [0.3, 0.4) is 0 Å². The maximum Gasteiger partial charge on any atom is 0.259 e. The van der Waals surface area contributed by atoms with E-state index in [1.54, 1.807) is 24.3 Å². The summed E-state index contributed by atoms with van der Waals surface area (Å²) >= 11 is 0. The molecule has 4 heterocycles. The Hall–Kier alpha value is -3.73. The van der Waals surface area contributed by atoms with E-state index in [9.17, 15) is 18.8 Å². The molecule has 0 aromatic heterocycles. The number of ether oxygens (including phenoxy) is 1. The first kappa shape index (κ1) is 26.2. The van der Waals surface area contributed by atoms with Crippen molar-refractivity contribution in [2.75, 3.05) is 44.3 Å². The van der Waals surface area contributed by atoms with Crippen molar-refractivity contribution in [3.63, 3.8) is 0 Å². The van der Waals surface area contributed by atoms with E-state index in [-0.39, 0.29) is 36.6 Å².